The first-order valence-electron chi connectivity index (χ1n) is 12.4. The summed E-state index contributed by atoms with van der Waals surface area (Å²) in [6, 6.07) is 3.98. The van der Waals surface area contributed by atoms with Crippen molar-refractivity contribution in [2.24, 2.45) is 17.8 Å². The first-order chi connectivity index (χ1) is 14.7. The van der Waals surface area contributed by atoms with Crippen molar-refractivity contribution in [1.82, 2.24) is 4.90 Å². The molecule has 1 aliphatic heterocycles. The average Bonchev–Trinajstić information content (AvgIpc) is 3.05. The van der Waals surface area contributed by atoms with Gasteiger partial charge in [0.15, 0.2) is 17.3 Å². The molecule has 0 amide bonds. The molecule has 4 nitrogen and oxygen atoms in total. The van der Waals surface area contributed by atoms with E-state index >= 15 is 0 Å². The van der Waals surface area contributed by atoms with Crippen molar-refractivity contribution in [3.8, 4) is 11.5 Å². The van der Waals surface area contributed by atoms with E-state index in [9.17, 15) is 4.79 Å². The Labute approximate surface area is 194 Å². The molecule has 174 valence electrons. The molecule has 2 aliphatic carbocycles. The third-order valence-corrected chi connectivity index (χ3v) is 7.44. The highest BCUT2D eigenvalue weighted by atomic mass is 35.5. The summed E-state index contributed by atoms with van der Waals surface area (Å²) in [5.41, 5.74) is 2.01. The molecular weight excluding hydrogens is 410 g/mol. The zero-order chi connectivity index (χ0) is 20.9. The van der Waals surface area contributed by atoms with E-state index < -0.39 is 0 Å². The molecule has 0 spiro atoms. The third-order valence-electron chi connectivity index (χ3n) is 7.44. The van der Waals surface area contributed by atoms with Gasteiger partial charge in [0, 0.05) is 18.0 Å². The number of rotatable bonds is 8. The molecule has 5 heteroatoms. The Morgan fingerprint density at radius 1 is 0.903 bits per heavy atom. The lowest BCUT2D eigenvalue weighted by Crippen LogP contribution is -2.38. The molecule has 1 atom stereocenters. The van der Waals surface area contributed by atoms with Crippen LogP contribution in [0.5, 0.6) is 11.5 Å². The molecule has 31 heavy (non-hydrogen) atoms. The van der Waals surface area contributed by atoms with Crippen LogP contribution in [-0.4, -0.2) is 43.5 Å². The SMILES string of the molecule is CCOc1cc2c(cc1OCC)C(=O)C(CC1CCN(CC3CCCCC3)CC1)C2.Cl. The zero-order valence-electron chi connectivity index (χ0n) is 19.4. The van der Waals surface area contributed by atoms with Gasteiger partial charge in [-0.05, 0) is 95.0 Å². The van der Waals surface area contributed by atoms with E-state index in [1.807, 2.05) is 19.9 Å². The van der Waals surface area contributed by atoms with Crippen LogP contribution in [0.4, 0.5) is 0 Å². The number of carbonyl (C=O) groups excluding carboxylic acids is 1. The highest BCUT2D eigenvalue weighted by molar-refractivity contribution is 6.02. The minimum Gasteiger partial charge on any atom is -0.490 e. The predicted octanol–water partition coefficient (Wildman–Crippen LogP) is 5.94. The second-order valence-corrected chi connectivity index (χ2v) is 9.57. The second kappa shape index (κ2) is 11.6. The van der Waals surface area contributed by atoms with Crippen LogP contribution in [0.1, 0.15) is 81.1 Å². The number of likely N-dealkylation sites (tertiary alicyclic amines) is 1. The van der Waals surface area contributed by atoms with Gasteiger partial charge in [-0.15, -0.1) is 12.4 Å². The molecule has 1 heterocycles. The number of hydrogen-bond donors (Lipinski definition) is 0. The van der Waals surface area contributed by atoms with Crippen LogP contribution in [0.25, 0.3) is 0 Å². The Hall–Kier alpha value is -1.26. The lowest BCUT2D eigenvalue weighted by molar-refractivity contribution is 0.0888. The van der Waals surface area contributed by atoms with Gasteiger partial charge in [-0.2, -0.15) is 0 Å². The summed E-state index contributed by atoms with van der Waals surface area (Å²) in [6.45, 7) is 8.88. The fourth-order valence-corrected chi connectivity index (χ4v) is 5.85. The summed E-state index contributed by atoms with van der Waals surface area (Å²) in [6.07, 6.45) is 11.6. The van der Waals surface area contributed by atoms with E-state index in [1.54, 1.807) is 0 Å². The minimum absolute atomic E-state index is 0. The molecule has 4 rings (SSSR count). The summed E-state index contributed by atoms with van der Waals surface area (Å²) in [5, 5.41) is 0. The molecule has 1 aromatic rings. The smallest absolute Gasteiger partial charge is 0.166 e. The van der Waals surface area contributed by atoms with Crippen LogP contribution < -0.4 is 9.47 Å². The maximum atomic E-state index is 13.1. The van der Waals surface area contributed by atoms with Crippen molar-refractivity contribution in [3.63, 3.8) is 0 Å². The number of benzene rings is 1. The van der Waals surface area contributed by atoms with Gasteiger partial charge in [-0.1, -0.05) is 19.3 Å². The minimum atomic E-state index is 0. The van der Waals surface area contributed by atoms with E-state index in [4.69, 9.17) is 9.47 Å². The Morgan fingerprint density at radius 3 is 2.19 bits per heavy atom. The first kappa shape index (κ1) is 24.4. The van der Waals surface area contributed by atoms with Crippen molar-refractivity contribution in [2.75, 3.05) is 32.8 Å². The van der Waals surface area contributed by atoms with E-state index in [2.05, 4.69) is 11.0 Å². The van der Waals surface area contributed by atoms with Crippen molar-refractivity contribution in [1.29, 1.82) is 0 Å². The number of nitrogens with zero attached hydrogens (tertiary/aromatic N) is 1. The Morgan fingerprint density at radius 2 is 1.55 bits per heavy atom. The van der Waals surface area contributed by atoms with E-state index in [-0.39, 0.29) is 18.3 Å². The maximum absolute atomic E-state index is 13.1. The van der Waals surface area contributed by atoms with Crippen LogP contribution in [-0.2, 0) is 6.42 Å². The standard InChI is InChI=1S/C26H39NO3.ClH/c1-3-29-24-16-21-15-22(26(28)23(21)17-25(24)30-4-2)14-19-10-12-27(13-11-19)18-20-8-6-5-7-9-20;/h16-17,19-20,22H,3-15,18H2,1-2H3;1H. The average molecular weight is 450 g/mol. The molecule has 0 N–H and O–H groups in total. The monoisotopic (exact) mass is 449 g/mol. The molecule has 1 aromatic carbocycles. The summed E-state index contributed by atoms with van der Waals surface area (Å²) in [5.74, 6) is 3.57. The van der Waals surface area contributed by atoms with Crippen molar-refractivity contribution >= 4 is 18.2 Å². The highest BCUT2D eigenvalue weighted by Gasteiger charge is 2.34. The lowest BCUT2D eigenvalue weighted by Gasteiger charge is -2.36. The normalized spacial score (nSPS) is 22.8. The van der Waals surface area contributed by atoms with Crippen LogP contribution in [0.3, 0.4) is 0 Å². The van der Waals surface area contributed by atoms with Crippen LogP contribution in [0, 0.1) is 17.8 Å². The number of carbonyl (C=O) groups is 1. The Balaban J connectivity index is 0.00000272. The van der Waals surface area contributed by atoms with E-state index in [1.165, 1.54) is 64.6 Å². The summed E-state index contributed by atoms with van der Waals surface area (Å²) < 4.78 is 11.5. The molecule has 1 unspecified atom stereocenters. The number of piperidine rings is 1. The predicted molar refractivity (Wildman–Crippen MR) is 128 cm³/mol. The van der Waals surface area contributed by atoms with Crippen molar-refractivity contribution in [2.45, 2.75) is 71.6 Å². The Bertz CT molecular complexity index is 724. The van der Waals surface area contributed by atoms with E-state index in [0.29, 0.717) is 30.7 Å². The molecule has 0 radical (unpaired) electrons. The fourth-order valence-electron chi connectivity index (χ4n) is 5.85. The van der Waals surface area contributed by atoms with Gasteiger partial charge in [0.1, 0.15) is 0 Å². The molecule has 0 bridgehead atoms. The van der Waals surface area contributed by atoms with Gasteiger partial charge in [-0.25, -0.2) is 0 Å². The Kier molecular flexibility index (Phi) is 9.09. The number of ether oxygens (including phenoxy) is 2. The summed E-state index contributed by atoms with van der Waals surface area (Å²) in [4.78, 5) is 15.8. The summed E-state index contributed by atoms with van der Waals surface area (Å²) in [7, 11) is 0. The van der Waals surface area contributed by atoms with Gasteiger partial charge in [0.2, 0.25) is 0 Å². The van der Waals surface area contributed by atoms with Gasteiger partial charge in [0.25, 0.3) is 0 Å². The topological polar surface area (TPSA) is 38.8 Å². The molecule has 2 fully saturated rings. The van der Waals surface area contributed by atoms with Crippen LogP contribution in [0.15, 0.2) is 12.1 Å². The van der Waals surface area contributed by atoms with Crippen molar-refractivity contribution in [3.05, 3.63) is 23.3 Å². The van der Waals surface area contributed by atoms with Gasteiger partial charge >= 0.3 is 0 Å². The maximum Gasteiger partial charge on any atom is 0.166 e. The lowest BCUT2D eigenvalue weighted by atomic mass is 9.84. The molecular formula is C26H40ClNO3. The van der Waals surface area contributed by atoms with Gasteiger partial charge in [0.05, 0.1) is 13.2 Å². The first-order valence-corrected chi connectivity index (χ1v) is 12.4. The van der Waals surface area contributed by atoms with E-state index in [0.717, 1.165) is 35.6 Å². The molecule has 3 aliphatic rings. The number of hydrogen-bond acceptors (Lipinski definition) is 4. The number of Topliss-reactive ketones (excluding diaryl/α,β-unsaturated/α-hetero) is 1. The van der Waals surface area contributed by atoms with Gasteiger partial charge in [-0.3, -0.25) is 4.79 Å². The molecule has 1 saturated heterocycles. The highest BCUT2D eigenvalue weighted by Crippen LogP contribution is 2.40. The zero-order valence-corrected chi connectivity index (χ0v) is 20.2. The number of halogens is 1. The number of ketones is 1. The van der Waals surface area contributed by atoms with Gasteiger partial charge < -0.3 is 14.4 Å². The van der Waals surface area contributed by atoms with Crippen LogP contribution >= 0.6 is 12.4 Å². The second-order valence-electron chi connectivity index (χ2n) is 9.57. The van der Waals surface area contributed by atoms with Crippen LogP contribution in [0.2, 0.25) is 0 Å². The van der Waals surface area contributed by atoms with Crippen molar-refractivity contribution < 1.29 is 14.3 Å². The quantitative estimate of drug-likeness (QED) is 0.492. The fraction of sp³-hybridized carbons (Fsp3) is 0.731. The number of fused-ring (bicyclic) bond motifs is 1. The largest absolute Gasteiger partial charge is 0.490 e. The molecule has 1 saturated carbocycles. The third kappa shape index (κ3) is 5.96. The molecule has 0 aromatic heterocycles. The summed E-state index contributed by atoms with van der Waals surface area (Å²) >= 11 is 0.